The molecule has 20 heavy (non-hydrogen) atoms. The lowest BCUT2D eigenvalue weighted by Crippen LogP contribution is -2.28. The molecule has 1 heterocycles. The number of rotatable bonds is 6. The van der Waals surface area contributed by atoms with Gasteiger partial charge < -0.3 is 15.5 Å². The number of anilines is 1. The summed E-state index contributed by atoms with van der Waals surface area (Å²) in [4.78, 5) is 6.51. The molecule has 7 nitrogen and oxygen atoms in total. The number of ether oxygens (including phenoxy) is 1. The Kier molecular flexibility index (Phi) is 4.26. The molecule has 0 bridgehead atoms. The Hall–Kier alpha value is -2.06. The summed E-state index contributed by atoms with van der Waals surface area (Å²) in [5.41, 5.74) is 6.20. The van der Waals surface area contributed by atoms with Crippen molar-refractivity contribution in [1.82, 2.24) is 14.7 Å². The lowest BCUT2D eigenvalue weighted by molar-refractivity contribution is 0.323. The Morgan fingerprint density at radius 1 is 1.45 bits per heavy atom. The van der Waals surface area contributed by atoms with Gasteiger partial charge in [0.15, 0.2) is 5.03 Å². The van der Waals surface area contributed by atoms with Crippen LogP contribution in [-0.4, -0.2) is 31.5 Å². The van der Waals surface area contributed by atoms with Gasteiger partial charge in [-0.3, -0.25) is 0 Å². The Balaban J connectivity index is 1.84. The first-order valence-corrected chi connectivity index (χ1v) is 7.45. The standard InChI is InChI=1S/C12H16N4O3S/c1-9-14-8-12(16-9)20(17,18)15-5-6-19-11-4-2-3-10(13)7-11/h2-4,7-8,15H,5-6,13H2,1H3,(H,14,16). The van der Waals surface area contributed by atoms with Crippen molar-refractivity contribution in [2.24, 2.45) is 0 Å². The Morgan fingerprint density at radius 3 is 2.90 bits per heavy atom. The third-order valence-electron chi connectivity index (χ3n) is 2.49. The average Bonchev–Trinajstić information content (AvgIpc) is 2.82. The maximum absolute atomic E-state index is 11.9. The number of imidazole rings is 1. The number of nitrogens with two attached hydrogens (primary N) is 1. The van der Waals surface area contributed by atoms with Crippen LogP contribution in [0.2, 0.25) is 0 Å². The zero-order valence-electron chi connectivity index (χ0n) is 11.0. The molecule has 4 N–H and O–H groups in total. The van der Waals surface area contributed by atoms with Gasteiger partial charge in [-0.15, -0.1) is 0 Å². The van der Waals surface area contributed by atoms with Crippen molar-refractivity contribution in [3.8, 4) is 5.75 Å². The van der Waals surface area contributed by atoms with Crippen molar-refractivity contribution in [2.75, 3.05) is 18.9 Å². The Labute approximate surface area is 117 Å². The number of nitrogens with zero attached hydrogens (tertiary/aromatic N) is 1. The molecule has 108 valence electrons. The minimum Gasteiger partial charge on any atom is -0.492 e. The van der Waals surface area contributed by atoms with Crippen molar-refractivity contribution >= 4 is 15.7 Å². The second kappa shape index (κ2) is 5.93. The lowest BCUT2D eigenvalue weighted by Gasteiger charge is -2.07. The fourth-order valence-corrected chi connectivity index (χ4v) is 2.54. The molecule has 2 rings (SSSR count). The second-order valence-electron chi connectivity index (χ2n) is 4.15. The highest BCUT2D eigenvalue weighted by Crippen LogP contribution is 2.14. The first-order valence-electron chi connectivity index (χ1n) is 5.97. The number of sulfonamides is 1. The van der Waals surface area contributed by atoms with Crippen LogP contribution in [0.25, 0.3) is 0 Å². The lowest BCUT2D eigenvalue weighted by atomic mass is 10.3. The summed E-state index contributed by atoms with van der Waals surface area (Å²) in [5.74, 6) is 1.14. The number of aryl methyl sites for hydroxylation is 1. The third-order valence-corrected chi connectivity index (χ3v) is 3.86. The zero-order valence-corrected chi connectivity index (χ0v) is 11.8. The van der Waals surface area contributed by atoms with Gasteiger partial charge in [-0.2, -0.15) is 0 Å². The minimum absolute atomic E-state index is 0.0407. The number of nitrogens with one attached hydrogen (secondary N) is 2. The topological polar surface area (TPSA) is 110 Å². The predicted octanol–water partition coefficient (Wildman–Crippen LogP) is 0.658. The van der Waals surface area contributed by atoms with E-state index in [2.05, 4.69) is 14.7 Å². The van der Waals surface area contributed by atoms with Crippen molar-refractivity contribution < 1.29 is 13.2 Å². The molecular formula is C12H16N4O3S. The van der Waals surface area contributed by atoms with Crippen molar-refractivity contribution in [2.45, 2.75) is 11.9 Å². The molecule has 8 heteroatoms. The van der Waals surface area contributed by atoms with Gasteiger partial charge >= 0.3 is 0 Å². The molecule has 1 aromatic carbocycles. The largest absolute Gasteiger partial charge is 0.492 e. The fraction of sp³-hybridized carbons (Fsp3) is 0.250. The summed E-state index contributed by atoms with van der Waals surface area (Å²) in [6.07, 6.45) is 1.27. The summed E-state index contributed by atoms with van der Waals surface area (Å²) in [5, 5.41) is 0.0407. The van der Waals surface area contributed by atoms with Crippen molar-refractivity contribution in [3.05, 3.63) is 36.3 Å². The van der Waals surface area contributed by atoms with Gasteiger partial charge in [0.05, 0.1) is 6.20 Å². The van der Waals surface area contributed by atoms with Crippen LogP contribution >= 0.6 is 0 Å². The number of hydrogen-bond donors (Lipinski definition) is 3. The fourth-order valence-electron chi connectivity index (χ4n) is 1.56. The van der Waals surface area contributed by atoms with E-state index in [1.807, 2.05) is 0 Å². The van der Waals surface area contributed by atoms with Crippen molar-refractivity contribution in [3.63, 3.8) is 0 Å². The smallest absolute Gasteiger partial charge is 0.257 e. The SMILES string of the molecule is Cc1ncc(S(=O)(=O)NCCOc2cccc(N)c2)[nH]1. The minimum atomic E-state index is -3.57. The van der Waals surface area contributed by atoms with E-state index in [0.29, 0.717) is 17.3 Å². The van der Waals surface area contributed by atoms with E-state index >= 15 is 0 Å². The summed E-state index contributed by atoms with van der Waals surface area (Å²) < 4.78 is 31.5. The molecule has 0 fully saturated rings. The first-order chi connectivity index (χ1) is 9.47. The highest BCUT2D eigenvalue weighted by molar-refractivity contribution is 7.89. The summed E-state index contributed by atoms with van der Waals surface area (Å²) in [6.45, 7) is 2.03. The van der Waals surface area contributed by atoms with Crippen LogP contribution in [0, 0.1) is 6.92 Å². The summed E-state index contributed by atoms with van der Waals surface area (Å²) >= 11 is 0. The Bertz CT molecular complexity index is 682. The number of H-pyrrole nitrogens is 1. The monoisotopic (exact) mass is 296 g/mol. The van der Waals surface area contributed by atoms with Gasteiger partial charge in [0.1, 0.15) is 18.2 Å². The van der Waals surface area contributed by atoms with E-state index in [4.69, 9.17) is 10.5 Å². The average molecular weight is 296 g/mol. The molecule has 0 unspecified atom stereocenters. The van der Waals surface area contributed by atoms with Crippen LogP contribution < -0.4 is 15.2 Å². The maximum Gasteiger partial charge on any atom is 0.257 e. The number of hydrogen-bond acceptors (Lipinski definition) is 5. The second-order valence-corrected chi connectivity index (χ2v) is 5.89. The third kappa shape index (κ3) is 3.72. The van der Waals surface area contributed by atoms with Crippen LogP contribution in [0.5, 0.6) is 5.75 Å². The van der Waals surface area contributed by atoms with Crippen LogP contribution in [0.1, 0.15) is 5.82 Å². The summed E-state index contributed by atoms with van der Waals surface area (Å²) in [7, 11) is -3.57. The van der Waals surface area contributed by atoms with E-state index in [-0.39, 0.29) is 18.2 Å². The molecule has 0 spiro atoms. The van der Waals surface area contributed by atoms with Crippen LogP contribution in [0.4, 0.5) is 5.69 Å². The number of aromatic amines is 1. The molecule has 0 aliphatic rings. The van der Waals surface area contributed by atoms with Gasteiger partial charge in [-0.25, -0.2) is 18.1 Å². The van der Waals surface area contributed by atoms with Crippen LogP contribution in [0.15, 0.2) is 35.5 Å². The van der Waals surface area contributed by atoms with Crippen LogP contribution in [0.3, 0.4) is 0 Å². The van der Waals surface area contributed by atoms with Gasteiger partial charge in [-0.1, -0.05) is 6.07 Å². The molecule has 0 saturated carbocycles. The van der Waals surface area contributed by atoms with Gasteiger partial charge in [-0.05, 0) is 19.1 Å². The zero-order chi connectivity index (χ0) is 14.6. The molecule has 0 atom stereocenters. The first kappa shape index (κ1) is 14.4. The van der Waals surface area contributed by atoms with E-state index in [9.17, 15) is 8.42 Å². The number of aromatic nitrogens is 2. The van der Waals surface area contributed by atoms with E-state index in [1.165, 1.54) is 6.20 Å². The van der Waals surface area contributed by atoms with Crippen LogP contribution in [-0.2, 0) is 10.0 Å². The molecule has 0 saturated heterocycles. The summed E-state index contributed by atoms with van der Waals surface area (Å²) in [6, 6.07) is 6.94. The van der Waals surface area contributed by atoms with Crippen molar-refractivity contribution in [1.29, 1.82) is 0 Å². The molecule has 1 aromatic heterocycles. The predicted molar refractivity (Wildman–Crippen MR) is 74.9 cm³/mol. The van der Waals surface area contributed by atoms with Gasteiger partial charge in [0.25, 0.3) is 10.0 Å². The molecule has 0 radical (unpaired) electrons. The highest BCUT2D eigenvalue weighted by Gasteiger charge is 2.15. The molecule has 0 aliphatic carbocycles. The molecule has 0 aliphatic heterocycles. The van der Waals surface area contributed by atoms with E-state index in [0.717, 1.165) is 0 Å². The number of benzene rings is 1. The molecular weight excluding hydrogens is 280 g/mol. The highest BCUT2D eigenvalue weighted by atomic mass is 32.2. The quantitative estimate of drug-likeness (QED) is 0.535. The number of nitrogen functional groups attached to an aromatic ring is 1. The normalized spacial score (nSPS) is 11.4. The van der Waals surface area contributed by atoms with E-state index < -0.39 is 10.0 Å². The molecule has 2 aromatic rings. The Morgan fingerprint density at radius 2 is 2.25 bits per heavy atom. The maximum atomic E-state index is 11.9. The van der Waals surface area contributed by atoms with Gasteiger partial charge in [0.2, 0.25) is 0 Å². The van der Waals surface area contributed by atoms with Gasteiger partial charge in [0, 0.05) is 18.3 Å². The molecule has 0 amide bonds. The van der Waals surface area contributed by atoms with E-state index in [1.54, 1.807) is 31.2 Å².